The van der Waals surface area contributed by atoms with E-state index in [2.05, 4.69) is 25.0 Å². The van der Waals surface area contributed by atoms with Crippen molar-refractivity contribution in [1.29, 1.82) is 0 Å². The van der Waals surface area contributed by atoms with Crippen LogP contribution in [0.25, 0.3) is 0 Å². The van der Waals surface area contributed by atoms with Crippen LogP contribution in [0, 0.1) is 0 Å². The quantitative estimate of drug-likeness (QED) is 0.724. The number of carbonyl (C=O) groups is 2. The standard InChI is InChI=1S/C12H12Cl2N4O3/c1-21-12(20)9(2-6-4-15-5-16-6)18-11(19)8-3-7(13)10(14)17-8/h3-5,9,17H,2H2,1H3,(H,15,16)(H,18,19)/t9-/m0/s1. The number of carbonyl (C=O) groups excluding carboxylic acids is 2. The maximum atomic E-state index is 12.1. The maximum Gasteiger partial charge on any atom is 0.328 e. The van der Waals surface area contributed by atoms with Crippen LogP contribution in [-0.4, -0.2) is 40.0 Å². The molecule has 3 N–H and O–H groups in total. The van der Waals surface area contributed by atoms with E-state index in [4.69, 9.17) is 23.2 Å². The van der Waals surface area contributed by atoms with Gasteiger partial charge in [-0.2, -0.15) is 0 Å². The third kappa shape index (κ3) is 3.77. The van der Waals surface area contributed by atoms with Gasteiger partial charge in [0.1, 0.15) is 16.9 Å². The van der Waals surface area contributed by atoms with E-state index in [1.54, 1.807) is 6.20 Å². The molecule has 9 heteroatoms. The Kier molecular flexibility index (Phi) is 4.87. The Morgan fingerprint density at radius 2 is 2.24 bits per heavy atom. The van der Waals surface area contributed by atoms with Crippen molar-refractivity contribution in [3.63, 3.8) is 0 Å². The number of rotatable bonds is 5. The van der Waals surface area contributed by atoms with Gasteiger partial charge in [0.2, 0.25) is 0 Å². The number of ether oxygens (including phenoxy) is 1. The molecule has 0 bridgehead atoms. The number of hydrogen-bond acceptors (Lipinski definition) is 4. The number of nitrogens with zero attached hydrogens (tertiary/aromatic N) is 1. The molecule has 0 aromatic carbocycles. The highest BCUT2D eigenvalue weighted by Gasteiger charge is 2.24. The molecule has 112 valence electrons. The number of hydrogen-bond donors (Lipinski definition) is 3. The van der Waals surface area contributed by atoms with E-state index in [9.17, 15) is 9.59 Å². The molecule has 2 heterocycles. The molecular weight excluding hydrogens is 319 g/mol. The highest BCUT2D eigenvalue weighted by atomic mass is 35.5. The van der Waals surface area contributed by atoms with E-state index >= 15 is 0 Å². The number of amides is 1. The largest absolute Gasteiger partial charge is 0.467 e. The summed E-state index contributed by atoms with van der Waals surface area (Å²) >= 11 is 11.5. The fourth-order valence-electron chi connectivity index (χ4n) is 1.71. The fraction of sp³-hybridized carbons (Fsp3) is 0.250. The molecule has 0 saturated heterocycles. The normalized spacial score (nSPS) is 12.0. The molecule has 0 aliphatic rings. The molecule has 21 heavy (non-hydrogen) atoms. The molecule has 0 spiro atoms. The third-order valence-electron chi connectivity index (χ3n) is 2.74. The van der Waals surface area contributed by atoms with Crippen molar-refractivity contribution < 1.29 is 14.3 Å². The number of nitrogens with one attached hydrogen (secondary N) is 3. The summed E-state index contributed by atoms with van der Waals surface area (Å²) in [6.07, 6.45) is 3.26. The second kappa shape index (κ2) is 6.64. The summed E-state index contributed by atoms with van der Waals surface area (Å²) in [4.78, 5) is 33.1. The van der Waals surface area contributed by atoms with Crippen LogP contribution in [0.4, 0.5) is 0 Å². The highest BCUT2D eigenvalue weighted by Crippen LogP contribution is 2.21. The number of esters is 1. The van der Waals surface area contributed by atoms with Crippen molar-refractivity contribution in [2.45, 2.75) is 12.5 Å². The van der Waals surface area contributed by atoms with Gasteiger partial charge in [0, 0.05) is 18.3 Å². The predicted molar refractivity (Wildman–Crippen MR) is 76.4 cm³/mol. The number of methoxy groups -OCH3 is 1. The van der Waals surface area contributed by atoms with Crippen LogP contribution in [0.1, 0.15) is 16.2 Å². The van der Waals surface area contributed by atoms with E-state index in [1.807, 2.05) is 0 Å². The Bertz CT molecular complexity index is 619. The molecule has 1 amide bonds. The van der Waals surface area contributed by atoms with Crippen LogP contribution in [0.5, 0.6) is 0 Å². The molecule has 0 radical (unpaired) electrons. The first kappa shape index (κ1) is 15.4. The van der Waals surface area contributed by atoms with Crippen molar-refractivity contribution in [1.82, 2.24) is 20.3 Å². The lowest BCUT2D eigenvalue weighted by Gasteiger charge is -2.15. The predicted octanol–water partition coefficient (Wildman–Crippen LogP) is 1.56. The minimum atomic E-state index is -0.858. The molecule has 0 aliphatic carbocycles. The lowest BCUT2D eigenvalue weighted by Crippen LogP contribution is -2.43. The first-order chi connectivity index (χ1) is 10.0. The van der Waals surface area contributed by atoms with Gasteiger partial charge in [-0.3, -0.25) is 4.79 Å². The summed E-state index contributed by atoms with van der Waals surface area (Å²) in [5.41, 5.74) is 0.844. The molecule has 0 fully saturated rings. The number of H-pyrrole nitrogens is 2. The van der Waals surface area contributed by atoms with Crippen molar-refractivity contribution in [3.8, 4) is 0 Å². The third-order valence-corrected chi connectivity index (χ3v) is 3.43. The lowest BCUT2D eigenvalue weighted by atomic mass is 10.1. The smallest absolute Gasteiger partial charge is 0.328 e. The van der Waals surface area contributed by atoms with Crippen LogP contribution < -0.4 is 5.32 Å². The second-order valence-electron chi connectivity index (χ2n) is 4.18. The van der Waals surface area contributed by atoms with E-state index in [1.165, 1.54) is 19.5 Å². The van der Waals surface area contributed by atoms with Gasteiger partial charge in [-0.1, -0.05) is 23.2 Å². The van der Waals surface area contributed by atoms with Gasteiger partial charge in [0.15, 0.2) is 0 Å². The summed E-state index contributed by atoms with van der Waals surface area (Å²) in [6.45, 7) is 0. The molecule has 0 aliphatic heterocycles. The van der Waals surface area contributed by atoms with Crippen molar-refractivity contribution in [3.05, 3.63) is 40.2 Å². The van der Waals surface area contributed by atoms with Gasteiger partial charge in [-0.25, -0.2) is 9.78 Å². The van der Waals surface area contributed by atoms with Gasteiger partial charge in [0.05, 0.1) is 18.5 Å². The number of halogens is 2. The summed E-state index contributed by atoms with van der Waals surface area (Å²) < 4.78 is 4.68. The molecular formula is C12H12Cl2N4O3. The Labute approximate surface area is 130 Å². The zero-order valence-electron chi connectivity index (χ0n) is 10.9. The minimum Gasteiger partial charge on any atom is -0.467 e. The van der Waals surface area contributed by atoms with E-state index in [0.717, 1.165) is 0 Å². The van der Waals surface area contributed by atoms with Gasteiger partial charge in [0.25, 0.3) is 5.91 Å². The molecule has 0 saturated carbocycles. The topological polar surface area (TPSA) is 99.9 Å². The Balaban J connectivity index is 2.10. The van der Waals surface area contributed by atoms with Gasteiger partial charge in [-0.15, -0.1) is 0 Å². The number of aromatic nitrogens is 3. The lowest BCUT2D eigenvalue weighted by molar-refractivity contribution is -0.142. The van der Waals surface area contributed by atoms with Crippen molar-refractivity contribution in [2.75, 3.05) is 7.11 Å². The molecule has 2 rings (SSSR count). The van der Waals surface area contributed by atoms with Crippen molar-refractivity contribution in [2.24, 2.45) is 0 Å². The Hall–Kier alpha value is -1.99. The second-order valence-corrected chi connectivity index (χ2v) is 4.96. The van der Waals surface area contributed by atoms with Crippen LogP contribution in [0.15, 0.2) is 18.6 Å². The van der Waals surface area contributed by atoms with Crippen molar-refractivity contribution >= 4 is 35.1 Å². The number of imidazole rings is 1. The molecule has 2 aromatic rings. The average Bonchev–Trinajstić information content (AvgIpc) is 3.08. The van der Waals surface area contributed by atoms with Crippen LogP contribution in [0.2, 0.25) is 10.2 Å². The first-order valence-electron chi connectivity index (χ1n) is 5.91. The summed E-state index contributed by atoms with van der Waals surface area (Å²) in [5, 5.41) is 2.94. The fourth-order valence-corrected chi connectivity index (χ4v) is 2.03. The van der Waals surface area contributed by atoms with Gasteiger partial charge < -0.3 is 20.0 Å². The first-order valence-corrected chi connectivity index (χ1v) is 6.66. The van der Waals surface area contributed by atoms with Crippen LogP contribution >= 0.6 is 23.2 Å². The summed E-state index contributed by atoms with van der Waals surface area (Å²) in [7, 11) is 1.25. The SMILES string of the molecule is COC(=O)[C@H](Cc1cnc[nH]1)NC(=O)c1cc(Cl)c(Cl)[nH]1. The zero-order valence-corrected chi connectivity index (χ0v) is 12.5. The summed E-state index contributed by atoms with van der Waals surface area (Å²) in [6, 6.07) is 0.521. The van der Waals surface area contributed by atoms with E-state index in [-0.39, 0.29) is 22.3 Å². The van der Waals surface area contributed by atoms with Crippen LogP contribution in [-0.2, 0) is 16.0 Å². The molecule has 7 nitrogen and oxygen atoms in total. The molecule has 1 atom stereocenters. The number of aromatic amines is 2. The van der Waals surface area contributed by atoms with E-state index < -0.39 is 17.9 Å². The maximum absolute atomic E-state index is 12.1. The molecule has 0 unspecified atom stereocenters. The summed E-state index contributed by atoms with van der Waals surface area (Å²) in [5.74, 6) is -1.08. The van der Waals surface area contributed by atoms with Gasteiger partial charge >= 0.3 is 5.97 Å². The van der Waals surface area contributed by atoms with Gasteiger partial charge in [-0.05, 0) is 6.07 Å². The average molecular weight is 331 g/mol. The zero-order chi connectivity index (χ0) is 15.4. The Morgan fingerprint density at radius 1 is 1.48 bits per heavy atom. The highest BCUT2D eigenvalue weighted by molar-refractivity contribution is 6.41. The van der Waals surface area contributed by atoms with E-state index in [0.29, 0.717) is 5.69 Å². The van der Waals surface area contributed by atoms with Crippen LogP contribution in [0.3, 0.4) is 0 Å². The minimum absolute atomic E-state index is 0.156. The molecule has 2 aromatic heterocycles. The Morgan fingerprint density at radius 3 is 2.76 bits per heavy atom. The monoisotopic (exact) mass is 330 g/mol.